The van der Waals surface area contributed by atoms with Gasteiger partial charge in [0, 0.05) is 17.5 Å². The van der Waals surface area contributed by atoms with Gasteiger partial charge in [0.2, 0.25) is 0 Å². The minimum absolute atomic E-state index is 0.366. The van der Waals surface area contributed by atoms with E-state index in [1.165, 1.54) is 25.7 Å². The van der Waals surface area contributed by atoms with Gasteiger partial charge in [-0.05, 0) is 61.8 Å². The molecule has 162 valence electrons. The van der Waals surface area contributed by atoms with Crippen LogP contribution in [-0.2, 0) is 6.42 Å². The third-order valence-corrected chi connectivity index (χ3v) is 7.91. The molecule has 0 radical (unpaired) electrons. The first-order chi connectivity index (χ1) is 15.7. The van der Waals surface area contributed by atoms with E-state index in [-0.39, 0.29) is 0 Å². The zero-order valence-corrected chi connectivity index (χ0v) is 18.9. The predicted molar refractivity (Wildman–Crippen MR) is 127 cm³/mol. The van der Waals surface area contributed by atoms with Crippen molar-refractivity contribution >= 4 is 22.8 Å². The summed E-state index contributed by atoms with van der Waals surface area (Å²) in [6.45, 7) is 2.46. The van der Waals surface area contributed by atoms with Gasteiger partial charge in [-0.25, -0.2) is 19.9 Å². The highest BCUT2D eigenvalue weighted by molar-refractivity contribution is 6.29. The number of hydrogen-bond acceptors (Lipinski definition) is 4. The fourth-order valence-electron chi connectivity index (χ4n) is 5.99. The van der Waals surface area contributed by atoms with E-state index in [1.807, 2.05) is 12.3 Å². The number of halogens is 1. The molecule has 3 aliphatic carbocycles. The van der Waals surface area contributed by atoms with Gasteiger partial charge in [0.05, 0.1) is 17.5 Å². The lowest BCUT2D eigenvalue weighted by molar-refractivity contribution is 0.0339. The molecule has 3 aliphatic rings. The minimum Gasteiger partial charge on any atom is -0.344 e. The zero-order valence-electron chi connectivity index (χ0n) is 18.1. The number of nitrogens with zero attached hydrogens (tertiary/aromatic N) is 4. The molecule has 0 aliphatic heterocycles. The average Bonchev–Trinajstić information content (AvgIpc) is 3.25. The summed E-state index contributed by atoms with van der Waals surface area (Å²) in [5.41, 5.74) is 5.40. The molecule has 4 aromatic rings. The number of benzene rings is 1. The summed E-state index contributed by atoms with van der Waals surface area (Å²) in [6.07, 6.45) is 10.0. The lowest BCUT2D eigenvalue weighted by Crippen LogP contribution is -2.39. The van der Waals surface area contributed by atoms with Crippen LogP contribution in [0.3, 0.4) is 0 Å². The molecule has 5 nitrogen and oxygen atoms in total. The highest BCUT2D eigenvalue weighted by Gasteiger charge is 2.41. The largest absolute Gasteiger partial charge is 0.344 e. The molecule has 2 atom stereocenters. The molecule has 32 heavy (non-hydrogen) atoms. The molecule has 3 saturated carbocycles. The van der Waals surface area contributed by atoms with Gasteiger partial charge >= 0.3 is 0 Å². The van der Waals surface area contributed by atoms with Gasteiger partial charge < -0.3 is 4.98 Å². The summed E-state index contributed by atoms with van der Waals surface area (Å²) in [6, 6.07) is 12.5. The van der Waals surface area contributed by atoms with Crippen molar-refractivity contribution in [1.29, 1.82) is 0 Å². The van der Waals surface area contributed by atoms with Crippen LogP contribution in [-0.4, -0.2) is 24.9 Å². The van der Waals surface area contributed by atoms with Crippen molar-refractivity contribution in [2.45, 2.75) is 39.0 Å². The molecule has 1 N–H and O–H groups in total. The highest BCUT2D eigenvalue weighted by Crippen LogP contribution is 2.49. The molecule has 0 saturated heterocycles. The van der Waals surface area contributed by atoms with E-state index in [2.05, 4.69) is 52.2 Å². The number of rotatable bonds is 4. The quantitative estimate of drug-likeness (QED) is 0.399. The van der Waals surface area contributed by atoms with Gasteiger partial charge in [-0.1, -0.05) is 48.9 Å². The Morgan fingerprint density at radius 2 is 1.78 bits per heavy atom. The third-order valence-electron chi connectivity index (χ3n) is 7.73. The number of aromatic nitrogens is 5. The number of H-pyrrole nitrogens is 1. The topological polar surface area (TPSA) is 67.3 Å². The van der Waals surface area contributed by atoms with Crippen molar-refractivity contribution in [3.05, 3.63) is 59.6 Å². The van der Waals surface area contributed by atoms with Gasteiger partial charge in [-0.3, -0.25) is 0 Å². The van der Waals surface area contributed by atoms with Crippen LogP contribution in [0.15, 0.2) is 48.8 Å². The number of fused-ring (bicyclic) bond motifs is 4. The Morgan fingerprint density at radius 3 is 2.56 bits per heavy atom. The Kier molecular flexibility index (Phi) is 4.94. The molecule has 7 rings (SSSR count). The van der Waals surface area contributed by atoms with Crippen LogP contribution in [0.5, 0.6) is 0 Å². The van der Waals surface area contributed by atoms with Crippen molar-refractivity contribution in [3.63, 3.8) is 0 Å². The monoisotopic (exact) mass is 443 g/mol. The summed E-state index contributed by atoms with van der Waals surface area (Å²) in [4.78, 5) is 22.0. The van der Waals surface area contributed by atoms with Crippen LogP contribution in [0.1, 0.15) is 38.3 Å². The Morgan fingerprint density at radius 1 is 1.00 bits per heavy atom. The Bertz CT molecular complexity index is 1260. The molecule has 3 fully saturated rings. The minimum atomic E-state index is 0.366. The highest BCUT2D eigenvalue weighted by atomic mass is 35.5. The molecule has 0 unspecified atom stereocenters. The van der Waals surface area contributed by atoms with Gasteiger partial charge in [0.1, 0.15) is 10.7 Å². The molecular formula is C26H26ClN5. The summed E-state index contributed by atoms with van der Waals surface area (Å²) in [5, 5.41) is 0.366. The molecule has 3 heterocycles. The van der Waals surface area contributed by atoms with E-state index in [1.54, 1.807) is 6.20 Å². The van der Waals surface area contributed by atoms with Gasteiger partial charge in [-0.2, -0.15) is 0 Å². The maximum atomic E-state index is 6.15. The van der Waals surface area contributed by atoms with Crippen molar-refractivity contribution in [2.24, 2.45) is 23.7 Å². The maximum absolute atomic E-state index is 6.15. The van der Waals surface area contributed by atoms with Crippen LogP contribution in [0, 0.1) is 23.7 Å². The van der Waals surface area contributed by atoms with E-state index in [4.69, 9.17) is 21.6 Å². The second kappa shape index (κ2) is 7.96. The fraction of sp³-hybridized carbons (Fsp3) is 0.385. The normalized spacial score (nSPS) is 24.8. The van der Waals surface area contributed by atoms with Crippen molar-refractivity contribution < 1.29 is 0 Å². The smallest absolute Gasteiger partial charge is 0.163 e. The Labute approximate surface area is 192 Å². The summed E-state index contributed by atoms with van der Waals surface area (Å²) in [5.74, 6) is 3.85. The van der Waals surface area contributed by atoms with Gasteiger partial charge in [0.25, 0.3) is 0 Å². The number of hydrogen-bond donors (Lipinski definition) is 1. The van der Waals surface area contributed by atoms with Gasteiger partial charge in [-0.15, -0.1) is 0 Å². The molecule has 3 aromatic heterocycles. The first-order valence-corrected chi connectivity index (χ1v) is 12.0. The lowest BCUT2D eigenvalue weighted by atomic mass is 9.58. The van der Waals surface area contributed by atoms with Crippen LogP contribution in [0.4, 0.5) is 0 Å². The van der Waals surface area contributed by atoms with Crippen LogP contribution in [0.2, 0.25) is 5.15 Å². The molecular weight excluding hydrogens is 418 g/mol. The Balaban J connectivity index is 1.45. The van der Waals surface area contributed by atoms with E-state index in [0.717, 1.165) is 46.7 Å². The van der Waals surface area contributed by atoms with Crippen LogP contribution in [0.25, 0.3) is 33.8 Å². The molecule has 0 amide bonds. The van der Waals surface area contributed by atoms with E-state index >= 15 is 0 Å². The first-order valence-electron chi connectivity index (χ1n) is 11.6. The van der Waals surface area contributed by atoms with Crippen LogP contribution >= 0.6 is 11.6 Å². The zero-order chi connectivity index (χ0) is 21.7. The van der Waals surface area contributed by atoms with E-state index in [9.17, 15) is 0 Å². The lowest BCUT2D eigenvalue weighted by Gasteiger charge is -2.47. The maximum Gasteiger partial charge on any atom is 0.163 e. The molecule has 6 heteroatoms. The molecule has 0 spiro atoms. The molecule has 2 bridgehead atoms. The number of aromatic amines is 1. The van der Waals surface area contributed by atoms with Gasteiger partial charge in [0.15, 0.2) is 11.5 Å². The first kappa shape index (κ1) is 19.9. The van der Waals surface area contributed by atoms with Crippen molar-refractivity contribution in [1.82, 2.24) is 24.9 Å². The second-order valence-corrected chi connectivity index (χ2v) is 9.82. The average molecular weight is 444 g/mol. The summed E-state index contributed by atoms with van der Waals surface area (Å²) in [7, 11) is 0. The van der Waals surface area contributed by atoms with Crippen molar-refractivity contribution in [3.8, 4) is 22.6 Å². The third kappa shape index (κ3) is 3.49. The second-order valence-electron chi connectivity index (χ2n) is 9.43. The summed E-state index contributed by atoms with van der Waals surface area (Å²) < 4.78 is 0. The Hall–Kier alpha value is -2.79. The van der Waals surface area contributed by atoms with Crippen molar-refractivity contribution in [2.75, 3.05) is 0 Å². The standard InChI is InChI=1S/C26H26ClN5/c1-15-16-7-9-17(10-8-16)20(15)11-19-12-22(18-5-3-2-4-6-18)31-25(30-19)21-13-28-26-24(21)32-23(27)14-29-26/h2-6,12-17,20H,7-11H2,1H3,(H,28,29)/t15-,16?,17?,20+/m1/s1. The summed E-state index contributed by atoms with van der Waals surface area (Å²) >= 11 is 6.15. The molecule has 1 aromatic carbocycles. The van der Waals surface area contributed by atoms with Crippen LogP contribution < -0.4 is 0 Å². The SMILES string of the molecule is C[C@@H]1C2CCC(CC2)[C@H]1Cc1cc(-c2ccccc2)nc(-c2c[nH]c3ncc(Cl)nc23)n1. The van der Waals surface area contributed by atoms with E-state index < -0.39 is 0 Å². The predicted octanol–water partition coefficient (Wildman–Crippen LogP) is 6.35. The number of nitrogens with one attached hydrogen (secondary N) is 1. The van der Waals surface area contributed by atoms with E-state index in [0.29, 0.717) is 28.1 Å². The fourth-order valence-corrected chi connectivity index (χ4v) is 6.12.